The molecule has 116 valence electrons. The van der Waals surface area contributed by atoms with Gasteiger partial charge in [0.2, 0.25) is 5.91 Å². The van der Waals surface area contributed by atoms with Crippen LogP contribution in [0.25, 0.3) is 0 Å². The highest BCUT2D eigenvalue weighted by Crippen LogP contribution is 2.23. The van der Waals surface area contributed by atoms with Crippen LogP contribution in [-0.2, 0) is 4.79 Å². The number of rotatable bonds is 6. The van der Waals surface area contributed by atoms with Crippen molar-refractivity contribution in [2.45, 2.75) is 33.1 Å². The summed E-state index contributed by atoms with van der Waals surface area (Å²) < 4.78 is 5.44. The van der Waals surface area contributed by atoms with Crippen molar-refractivity contribution in [3.63, 3.8) is 0 Å². The maximum absolute atomic E-state index is 12.2. The Morgan fingerprint density at radius 3 is 3.10 bits per heavy atom. The number of piperidine rings is 1. The molecule has 1 fully saturated rings. The zero-order valence-electron chi connectivity index (χ0n) is 13.0. The molecule has 0 bridgehead atoms. The molecule has 1 heterocycles. The molecule has 0 aliphatic carbocycles. The van der Waals surface area contributed by atoms with Crippen molar-refractivity contribution in [3.05, 3.63) is 24.3 Å². The molecule has 2 unspecified atom stereocenters. The van der Waals surface area contributed by atoms with Gasteiger partial charge in [-0.1, -0.05) is 13.0 Å². The van der Waals surface area contributed by atoms with E-state index in [1.54, 1.807) is 0 Å². The Hall–Kier alpha value is -1.55. The molecule has 2 atom stereocenters. The van der Waals surface area contributed by atoms with Gasteiger partial charge >= 0.3 is 0 Å². The van der Waals surface area contributed by atoms with Crippen LogP contribution in [0.4, 0.5) is 5.69 Å². The summed E-state index contributed by atoms with van der Waals surface area (Å²) >= 11 is 0. The monoisotopic (exact) mass is 290 g/mol. The van der Waals surface area contributed by atoms with E-state index >= 15 is 0 Å². The fourth-order valence-corrected chi connectivity index (χ4v) is 2.87. The Bertz CT molecular complexity index is 456. The number of carbonyl (C=O) groups excluding carboxylic acids is 1. The smallest absolute Gasteiger partial charge is 0.224 e. The lowest BCUT2D eigenvalue weighted by atomic mass is 9.85. The van der Waals surface area contributed by atoms with E-state index in [1.165, 1.54) is 12.8 Å². The van der Waals surface area contributed by atoms with E-state index in [-0.39, 0.29) is 5.91 Å². The van der Waals surface area contributed by atoms with Gasteiger partial charge in [-0.25, -0.2) is 0 Å². The third-order valence-corrected chi connectivity index (χ3v) is 4.08. The molecule has 1 aliphatic rings. The first kappa shape index (κ1) is 15.8. The highest BCUT2D eigenvalue weighted by molar-refractivity contribution is 5.91. The Labute approximate surface area is 127 Å². The number of amides is 1. The summed E-state index contributed by atoms with van der Waals surface area (Å²) in [5, 5.41) is 6.38. The highest BCUT2D eigenvalue weighted by atomic mass is 16.5. The van der Waals surface area contributed by atoms with Crippen LogP contribution in [0.1, 0.15) is 33.1 Å². The third-order valence-electron chi connectivity index (χ3n) is 4.08. The number of benzene rings is 1. The van der Waals surface area contributed by atoms with Gasteiger partial charge in [0.1, 0.15) is 5.75 Å². The second-order valence-corrected chi connectivity index (χ2v) is 5.80. The SMILES string of the molecule is CCOc1cccc(NC(=O)CC(C)C2CCCNC2)c1. The molecule has 1 aliphatic heterocycles. The summed E-state index contributed by atoms with van der Waals surface area (Å²) in [5.41, 5.74) is 0.805. The van der Waals surface area contributed by atoms with Crippen molar-refractivity contribution in [1.29, 1.82) is 0 Å². The van der Waals surface area contributed by atoms with Crippen molar-refractivity contribution in [3.8, 4) is 5.75 Å². The third kappa shape index (κ3) is 5.05. The fourth-order valence-electron chi connectivity index (χ4n) is 2.87. The van der Waals surface area contributed by atoms with Crippen LogP contribution >= 0.6 is 0 Å². The molecule has 1 saturated heterocycles. The van der Waals surface area contributed by atoms with Gasteiger partial charge in [0.25, 0.3) is 0 Å². The molecular weight excluding hydrogens is 264 g/mol. The molecule has 0 aromatic heterocycles. The van der Waals surface area contributed by atoms with Gasteiger partial charge in [0, 0.05) is 18.2 Å². The van der Waals surface area contributed by atoms with Gasteiger partial charge in [-0.2, -0.15) is 0 Å². The lowest BCUT2D eigenvalue weighted by Gasteiger charge is -2.28. The zero-order chi connectivity index (χ0) is 15.1. The van der Waals surface area contributed by atoms with Crippen molar-refractivity contribution in [2.75, 3.05) is 25.0 Å². The number of anilines is 1. The number of hydrogen-bond acceptors (Lipinski definition) is 3. The van der Waals surface area contributed by atoms with Crippen LogP contribution in [0, 0.1) is 11.8 Å². The van der Waals surface area contributed by atoms with E-state index in [0.717, 1.165) is 24.5 Å². The minimum Gasteiger partial charge on any atom is -0.494 e. The second kappa shape index (κ2) is 8.03. The summed E-state index contributed by atoms with van der Waals surface area (Å²) in [4.78, 5) is 12.2. The molecule has 0 saturated carbocycles. The summed E-state index contributed by atoms with van der Waals surface area (Å²) in [6, 6.07) is 7.56. The molecule has 2 rings (SSSR count). The van der Waals surface area contributed by atoms with E-state index in [0.29, 0.717) is 24.9 Å². The minimum atomic E-state index is 0.0849. The number of carbonyl (C=O) groups is 1. The van der Waals surface area contributed by atoms with E-state index in [9.17, 15) is 4.79 Å². The predicted octanol–water partition coefficient (Wildman–Crippen LogP) is 3.05. The van der Waals surface area contributed by atoms with Crippen molar-refractivity contribution >= 4 is 11.6 Å². The molecule has 21 heavy (non-hydrogen) atoms. The maximum Gasteiger partial charge on any atom is 0.224 e. The van der Waals surface area contributed by atoms with Crippen LogP contribution < -0.4 is 15.4 Å². The molecule has 4 nitrogen and oxygen atoms in total. The van der Waals surface area contributed by atoms with Crippen LogP contribution in [0.15, 0.2) is 24.3 Å². The number of hydrogen-bond donors (Lipinski definition) is 2. The van der Waals surface area contributed by atoms with E-state index in [2.05, 4.69) is 17.6 Å². The molecular formula is C17H26N2O2. The van der Waals surface area contributed by atoms with Crippen LogP contribution in [-0.4, -0.2) is 25.6 Å². The van der Waals surface area contributed by atoms with Gasteiger partial charge in [-0.3, -0.25) is 4.79 Å². The van der Waals surface area contributed by atoms with Gasteiger partial charge in [0.15, 0.2) is 0 Å². The molecule has 4 heteroatoms. The summed E-state index contributed by atoms with van der Waals surface area (Å²) in [5.74, 6) is 1.90. The fraction of sp³-hybridized carbons (Fsp3) is 0.588. The quantitative estimate of drug-likeness (QED) is 0.846. The van der Waals surface area contributed by atoms with Crippen LogP contribution in [0.2, 0.25) is 0 Å². The van der Waals surface area contributed by atoms with E-state index in [1.807, 2.05) is 31.2 Å². The molecule has 1 aromatic rings. The second-order valence-electron chi connectivity index (χ2n) is 5.80. The van der Waals surface area contributed by atoms with Crippen LogP contribution in [0.5, 0.6) is 5.75 Å². The lowest BCUT2D eigenvalue weighted by Crippen LogP contribution is -2.34. The van der Waals surface area contributed by atoms with Gasteiger partial charge in [0.05, 0.1) is 6.61 Å². The Morgan fingerprint density at radius 1 is 1.52 bits per heavy atom. The first-order chi connectivity index (χ1) is 10.2. The first-order valence-corrected chi connectivity index (χ1v) is 7.92. The molecule has 0 spiro atoms. The average Bonchev–Trinajstić information content (AvgIpc) is 2.48. The van der Waals surface area contributed by atoms with Gasteiger partial charge in [-0.15, -0.1) is 0 Å². The van der Waals surface area contributed by atoms with Gasteiger partial charge in [-0.05, 0) is 56.8 Å². The molecule has 1 amide bonds. The average molecular weight is 290 g/mol. The normalized spacial score (nSPS) is 19.8. The molecule has 1 aromatic carbocycles. The summed E-state index contributed by atoms with van der Waals surface area (Å²) in [7, 11) is 0. The Morgan fingerprint density at radius 2 is 2.38 bits per heavy atom. The van der Waals surface area contributed by atoms with Crippen molar-refractivity contribution in [1.82, 2.24) is 5.32 Å². The van der Waals surface area contributed by atoms with Crippen molar-refractivity contribution in [2.24, 2.45) is 11.8 Å². The predicted molar refractivity (Wildman–Crippen MR) is 85.6 cm³/mol. The maximum atomic E-state index is 12.2. The highest BCUT2D eigenvalue weighted by Gasteiger charge is 2.22. The topological polar surface area (TPSA) is 50.4 Å². The first-order valence-electron chi connectivity index (χ1n) is 7.92. The Balaban J connectivity index is 1.84. The van der Waals surface area contributed by atoms with Crippen molar-refractivity contribution < 1.29 is 9.53 Å². The minimum absolute atomic E-state index is 0.0849. The largest absolute Gasteiger partial charge is 0.494 e. The summed E-state index contributed by atoms with van der Waals surface area (Å²) in [6.45, 7) is 6.90. The summed E-state index contributed by atoms with van der Waals surface area (Å²) in [6.07, 6.45) is 3.01. The Kier molecular flexibility index (Phi) is 6.05. The van der Waals surface area contributed by atoms with E-state index < -0.39 is 0 Å². The van der Waals surface area contributed by atoms with E-state index in [4.69, 9.17) is 4.74 Å². The van der Waals surface area contributed by atoms with Gasteiger partial charge < -0.3 is 15.4 Å². The lowest BCUT2D eigenvalue weighted by molar-refractivity contribution is -0.117. The number of nitrogens with one attached hydrogen (secondary N) is 2. The zero-order valence-corrected chi connectivity index (χ0v) is 13.0. The molecule has 2 N–H and O–H groups in total. The van der Waals surface area contributed by atoms with Crippen LogP contribution in [0.3, 0.4) is 0 Å². The standard InChI is InChI=1S/C17H26N2O2/c1-3-21-16-8-4-7-15(11-16)19-17(20)10-13(2)14-6-5-9-18-12-14/h4,7-8,11,13-14,18H,3,5-6,9-10,12H2,1-2H3,(H,19,20). The molecule has 0 radical (unpaired) electrons. The number of ether oxygens (including phenoxy) is 1.